The molecule has 1 atom stereocenters. The second kappa shape index (κ2) is 11.9. The van der Waals surface area contributed by atoms with Crippen molar-refractivity contribution in [3.8, 4) is 11.5 Å². The molecule has 0 spiro atoms. The molecule has 1 aliphatic heterocycles. The van der Waals surface area contributed by atoms with Crippen molar-refractivity contribution in [3.63, 3.8) is 0 Å². The minimum absolute atomic E-state index is 0.0630. The lowest BCUT2D eigenvalue weighted by Gasteiger charge is -2.24. The van der Waals surface area contributed by atoms with Gasteiger partial charge in [0.2, 0.25) is 0 Å². The maximum absolute atomic E-state index is 13.7. The van der Waals surface area contributed by atoms with Gasteiger partial charge in [-0.05, 0) is 54.8 Å². The third-order valence-electron chi connectivity index (χ3n) is 5.95. The average Bonchev–Trinajstić information content (AvgIpc) is 3.21. The molecule has 1 aliphatic rings. The summed E-state index contributed by atoms with van der Waals surface area (Å²) < 4.78 is 18.5. The fraction of sp³-hybridized carbons (Fsp3) is 0.276. The van der Waals surface area contributed by atoms with Crippen molar-refractivity contribution in [3.05, 3.63) is 103 Å². The van der Waals surface area contributed by atoms with Gasteiger partial charge in [-0.3, -0.25) is 9.36 Å². The first-order chi connectivity index (χ1) is 18.0. The third kappa shape index (κ3) is 5.75. The number of carbonyl (C=O) groups excluding carboxylic acids is 1. The lowest BCUT2D eigenvalue weighted by atomic mass is 9.96. The Hall–Kier alpha value is -3.91. The topological polar surface area (TPSA) is 79.1 Å². The summed E-state index contributed by atoms with van der Waals surface area (Å²) >= 11 is 1.29. The van der Waals surface area contributed by atoms with Crippen LogP contribution in [-0.2, 0) is 9.53 Å². The van der Waals surface area contributed by atoms with Crippen LogP contribution in [0.15, 0.2) is 82.2 Å². The number of carbonyl (C=O) groups is 1. The van der Waals surface area contributed by atoms with E-state index in [0.29, 0.717) is 33.0 Å². The van der Waals surface area contributed by atoms with E-state index in [4.69, 9.17) is 14.2 Å². The largest absolute Gasteiger partial charge is 0.497 e. The lowest BCUT2D eigenvalue weighted by molar-refractivity contribution is -0.138. The number of hydrogen-bond acceptors (Lipinski definition) is 7. The van der Waals surface area contributed by atoms with Gasteiger partial charge in [0.1, 0.15) is 18.1 Å². The number of aromatic nitrogens is 1. The Morgan fingerprint density at radius 2 is 1.84 bits per heavy atom. The molecule has 7 nitrogen and oxygen atoms in total. The summed E-state index contributed by atoms with van der Waals surface area (Å²) in [4.78, 5) is 31.9. The molecule has 4 rings (SSSR count). The molecule has 0 N–H and O–H groups in total. The van der Waals surface area contributed by atoms with Crippen LogP contribution in [0, 0.1) is 0 Å². The Morgan fingerprint density at radius 3 is 2.49 bits per heavy atom. The predicted octanol–water partition coefficient (Wildman–Crippen LogP) is 4.15. The molecule has 0 amide bonds. The summed E-state index contributed by atoms with van der Waals surface area (Å²) in [5.41, 5.74) is 2.22. The third-order valence-corrected chi connectivity index (χ3v) is 6.93. The molecular formula is C29H30N2O5S. The summed E-state index contributed by atoms with van der Waals surface area (Å²) in [5.74, 6) is 0.939. The van der Waals surface area contributed by atoms with E-state index in [2.05, 4.69) is 18.5 Å². The number of ether oxygens (including phenoxy) is 3. The highest BCUT2D eigenvalue weighted by molar-refractivity contribution is 7.07. The zero-order chi connectivity index (χ0) is 26.4. The van der Waals surface area contributed by atoms with E-state index in [1.54, 1.807) is 30.7 Å². The number of methoxy groups -OCH3 is 1. The molecule has 8 heteroatoms. The van der Waals surface area contributed by atoms with Gasteiger partial charge in [0, 0.05) is 0 Å². The molecule has 2 aromatic carbocycles. The van der Waals surface area contributed by atoms with Gasteiger partial charge >= 0.3 is 5.97 Å². The van der Waals surface area contributed by atoms with E-state index in [1.165, 1.54) is 17.4 Å². The number of allylic oxidation sites excluding steroid dienone is 1. The second-order valence-corrected chi connectivity index (χ2v) is 9.52. The highest BCUT2D eigenvalue weighted by atomic mass is 32.1. The quantitative estimate of drug-likeness (QED) is 0.229. The van der Waals surface area contributed by atoms with Gasteiger partial charge in [-0.2, -0.15) is 0 Å². The SMILES string of the molecule is C=CCOC(=O)C1=C(C)N=c2s/c(=C/c3ccc(OCCCC)cc3)c(=O)n2[C@H]1c1ccc(OC)cc1. The van der Waals surface area contributed by atoms with Crippen molar-refractivity contribution >= 4 is 23.4 Å². The van der Waals surface area contributed by atoms with Crippen LogP contribution >= 0.6 is 11.3 Å². The van der Waals surface area contributed by atoms with E-state index in [9.17, 15) is 9.59 Å². The molecule has 3 aromatic rings. The number of unbranched alkanes of at least 4 members (excludes halogenated alkanes) is 1. The number of fused-ring (bicyclic) bond motifs is 1. The van der Waals surface area contributed by atoms with Crippen LogP contribution in [-0.4, -0.2) is 30.9 Å². The number of benzene rings is 2. The van der Waals surface area contributed by atoms with Crippen LogP contribution in [0.3, 0.4) is 0 Å². The summed E-state index contributed by atoms with van der Waals surface area (Å²) in [5, 5.41) is 0. The fourth-order valence-corrected chi connectivity index (χ4v) is 5.09. The second-order valence-electron chi connectivity index (χ2n) is 8.51. The smallest absolute Gasteiger partial charge is 0.338 e. The monoisotopic (exact) mass is 518 g/mol. The van der Waals surface area contributed by atoms with Crippen molar-refractivity contribution in [2.24, 2.45) is 4.99 Å². The molecule has 0 saturated carbocycles. The van der Waals surface area contributed by atoms with Crippen molar-refractivity contribution in [1.29, 1.82) is 0 Å². The molecule has 192 valence electrons. The van der Waals surface area contributed by atoms with Crippen molar-refractivity contribution in [1.82, 2.24) is 4.57 Å². The van der Waals surface area contributed by atoms with Crippen LogP contribution < -0.4 is 24.4 Å². The summed E-state index contributed by atoms with van der Waals surface area (Å²) in [6, 6.07) is 14.3. The van der Waals surface area contributed by atoms with E-state index in [-0.39, 0.29) is 12.2 Å². The van der Waals surface area contributed by atoms with Crippen molar-refractivity contribution in [2.45, 2.75) is 32.7 Å². The highest BCUT2D eigenvalue weighted by Gasteiger charge is 2.33. The zero-order valence-electron chi connectivity index (χ0n) is 21.2. The Kier molecular flexibility index (Phi) is 8.40. The normalized spacial score (nSPS) is 15.1. The van der Waals surface area contributed by atoms with Gasteiger partial charge in [0.05, 0.1) is 35.6 Å². The Balaban J connectivity index is 1.78. The van der Waals surface area contributed by atoms with Crippen LogP contribution in [0.2, 0.25) is 0 Å². The maximum atomic E-state index is 13.7. The molecule has 2 heterocycles. The van der Waals surface area contributed by atoms with Crippen molar-refractivity contribution in [2.75, 3.05) is 20.3 Å². The molecular weight excluding hydrogens is 488 g/mol. The van der Waals surface area contributed by atoms with E-state index >= 15 is 0 Å². The number of nitrogens with zero attached hydrogens (tertiary/aromatic N) is 2. The summed E-state index contributed by atoms with van der Waals surface area (Å²) in [6.45, 7) is 8.23. The van der Waals surface area contributed by atoms with E-state index in [1.807, 2.05) is 42.5 Å². The predicted molar refractivity (Wildman–Crippen MR) is 145 cm³/mol. The first-order valence-electron chi connectivity index (χ1n) is 12.1. The fourth-order valence-electron chi connectivity index (χ4n) is 4.04. The van der Waals surface area contributed by atoms with Gasteiger partial charge in [0.25, 0.3) is 5.56 Å². The molecule has 37 heavy (non-hydrogen) atoms. The molecule has 0 radical (unpaired) electrons. The Morgan fingerprint density at radius 1 is 1.14 bits per heavy atom. The average molecular weight is 519 g/mol. The standard InChI is InChI=1S/C29H30N2O5S/c1-5-7-17-35-23-12-8-20(9-13-23)18-24-27(32)31-26(21-10-14-22(34-4)15-11-21)25(28(33)36-16-6-2)19(3)30-29(31)37-24/h6,8-15,18,26H,2,5,7,16-17H2,1,3-4H3/b24-18+/t26-/m0/s1. The minimum Gasteiger partial charge on any atom is -0.497 e. The van der Waals surface area contributed by atoms with Gasteiger partial charge in [-0.1, -0.05) is 61.6 Å². The molecule has 1 aromatic heterocycles. The van der Waals surface area contributed by atoms with E-state index in [0.717, 1.165) is 29.7 Å². The first-order valence-corrected chi connectivity index (χ1v) is 13.0. The zero-order valence-corrected chi connectivity index (χ0v) is 22.0. The number of thiazole rings is 1. The van der Waals surface area contributed by atoms with Gasteiger partial charge in [-0.25, -0.2) is 9.79 Å². The maximum Gasteiger partial charge on any atom is 0.338 e. The number of rotatable bonds is 10. The number of hydrogen-bond donors (Lipinski definition) is 0. The van der Waals surface area contributed by atoms with Crippen LogP contribution in [0.4, 0.5) is 0 Å². The molecule has 0 saturated heterocycles. The summed E-state index contributed by atoms with van der Waals surface area (Å²) in [7, 11) is 1.59. The van der Waals surface area contributed by atoms with Crippen molar-refractivity contribution < 1.29 is 19.0 Å². The molecule has 0 aliphatic carbocycles. The minimum atomic E-state index is -0.684. The Bertz CT molecular complexity index is 1480. The number of esters is 1. The lowest BCUT2D eigenvalue weighted by Crippen LogP contribution is -2.39. The Labute approximate surface area is 219 Å². The molecule has 0 bridgehead atoms. The van der Waals surface area contributed by atoms with Gasteiger partial charge in [-0.15, -0.1) is 0 Å². The molecule has 0 fully saturated rings. The van der Waals surface area contributed by atoms with E-state index < -0.39 is 12.0 Å². The van der Waals surface area contributed by atoms with Gasteiger partial charge in [0.15, 0.2) is 4.80 Å². The molecule has 0 unspecified atom stereocenters. The van der Waals surface area contributed by atoms with Crippen LogP contribution in [0.5, 0.6) is 11.5 Å². The summed E-state index contributed by atoms with van der Waals surface area (Å²) in [6.07, 6.45) is 5.41. The highest BCUT2D eigenvalue weighted by Crippen LogP contribution is 2.31. The first kappa shape index (κ1) is 26.2. The van der Waals surface area contributed by atoms with Gasteiger partial charge < -0.3 is 14.2 Å². The van der Waals surface area contributed by atoms with Crippen LogP contribution in [0.25, 0.3) is 6.08 Å². The van der Waals surface area contributed by atoms with Crippen LogP contribution in [0.1, 0.15) is 43.9 Å².